The Balaban J connectivity index is 1.40. The first-order valence-corrected chi connectivity index (χ1v) is 9.15. The lowest BCUT2D eigenvalue weighted by atomic mass is 10.2. The number of aromatic nitrogens is 1. The lowest BCUT2D eigenvalue weighted by molar-refractivity contribution is -0.133. The number of nitrogens with one attached hydrogen (secondary N) is 1. The Hall–Kier alpha value is -3.09. The minimum Gasteiger partial charge on any atom is -0.353 e. The maximum Gasteiger partial charge on any atom is 0.239 e. The van der Waals surface area contributed by atoms with E-state index in [1.54, 1.807) is 18.3 Å². The Kier molecular flexibility index (Phi) is 6.25. The van der Waals surface area contributed by atoms with E-state index in [4.69, 9.17) is 0 Å². The molecule has 1 fully saturated rings. The summed E-state index contributed by atoms with van der Waals surface area (Å²) in [5.41, 5.74) is 3.68. The van der Waals surface area contributed by atoms with Crippen LogP contribution in [-0.2, 0) is 9.59 Å². The van der Waals surface area contributed by atoms with Gasteiger partial charge in [-0.25, -0.2) is 4.98 Å². The van der Waals surface area contributed by atoms with Crippen molar-refractivity contribution in [1.82, 2.24) is 15.3 Å². The second-order valence-electron chi connectivity index (χ2n) is 6.49. The number of carbonyl (C=O) groups excluding carboxylic acids is 2. The number of anilines is 2. The van der Waals surface area contributed by atoms with Gasteiger partial charge in [-0.2, -0.15) is 0 Å². The molecule has 0 atom stereocenters. The highest BCUT2D eigenvalue weighted by atomic mass is 16.2. The molecular formula is C20H25N5O2. The molecule has 1 N–H and O–H groups in total. The number of carbonyl (C=O) groups is 2. The quantitative estimate of drug-likeness (QED) is 0.787. The average Bonchev–Trinajstić information content (AvgIpc) is 2.73. The second kappa shape index (κ2) is 9.02. The number of pyridine rings is 1. The Morgan fingerprint density at radius 3 is 2.37 bits per heavy atom. The van der Waals surface area contributed by atoms with Crippen molar-refractivity contribution < 1.29 is 9.59 Å². The first kappa shape index (κ1) is 18.7. The normalized spacial score (nSPS) is 14.0. The summed E-state index contributed by atoms with van der Waals surface area (Å²) in [6, 6.07) is 15.4. The summed E-state index contributed by atoms with van der Waals surface area (Å²) < 4.78 is 0. The second-order valence-corrected chi connectivity index (χ2v) is 6.49. The molecule has 7 heteroatoms. The number of hydrogen-bond donors (Lipinski definition) is 1. The molecule has 0 aliphatic carbocycles. The van der Waals surface area contributed by atoms with Gasteiger partial charge in [0.15, 0.2) is 0 Å². The minimum atomic E-state index is -0.165. The summed E-state index contributed by atoms with van der Waals surface area (Å²) in [6.45, 7) is 2.82. The van der Waals surface area contributed by atoms with Gasteiger partial charge >= 0.3 is 0 Å². The summed E-state index contributed by atoms with van der Waals surface area (Å²) in [4.78, 5) is 32.9. The molecule has 7 nitrogen and oxygen atoms in total. The van der Waals surface area contributed by atoms with E-state index in [0.717, 1.165) is 24.6 Å². The molecule has 1 aromatic carbocycles. The van der Waals surface area contributed by atoms with Crippen molar-refractivity contribution in [2.24, 2.45) is 0 Å². The molecule has 1 aliphatic rings. The smallest absolute Gasteiger partial charge is 0.239 e. The number of nitrogens with zero attached hydrogens (tertiary/aromatic N) is 4. The lowest BCUT2D eigenvalue weighted by Gasteiger charge is -2.35. The molecule has 1 saturated heterocycles. The molecular weight excluding hydrogens is 342 g/mol. The van der Waals surface area contributed by atoms with Gasteiger partial charge < -0.3 is 9.80 Å². The van der Waals surface area contributed by atoms with E-state index in [1.807, 2.05) is 53.4 Å². The highest BCUT2D eigenvalue weighted by Crippen LogP contribution is 2.13. The number of amides is 2. The third-order valence-corrected chi connectivity index (χ3v) is 4.61. The SMILES string of the molecule is CN(NC(=O)CCC(=O)N1CCN(c2ccccn2)CC1)c1ccccc1. The van der Waals surface area contributed by atoms with Crippen molar-refractivity contribution >= 4 is 23.3 Å². The van der Waals surface area contributed by atoms with E-state index in [-0.39, 0.29) is 24.7 Å². The van der Waals surface area contributed by atoms with E-state index in [0.29, 0.717) is 13.1 Å². The van der Waals surface area contributed by atoms with Crippen molar-refractivity contribution in [1.29, 1.82) is 0 Å². The Labute approximate surface area is 159 Å². The van der Waals surface area contributed by atoms with E-state index < -0.39 is 0 Å². The molecule has 0 bridgehead atoms. The van der Waals surface area contributed by atoms with Crippen molar-refractivity contribution in [2.75, 3.05) is 43.1 Å². The van der Waals surface area contributed by atoms with Crippen molar-refractivity contribution in [3.8, 4) is 0 Å². The number of piperazine rings is 1. The molecule has 1 aromatic heterocycles. The summed E-state index contributed by atoms with van der Waals surface area (Å²) >= 11 is 0. The van der Waals surface area contributed by atoms with Gasteiger partial charge in [0.1, 0.15) is 5.82 Å². The summed E-state index contributed by atoms with van der Waals surface area (Å²) in [7, 11) is 1.78. The van der Waals surface area contributed by atoms with E-state index in [2.05, 4.69) is 15.3 Å². The molecule has 2 amide bonds. The zero-order valence-corrected chi connectivity index (χ0v) is 15.5. The Morgan fingerprint density at radius 1 is 1.00 bits per heavy atom. The van der Waals surface area contributed by atoms with Gasteiger partial charge in [0, 0.05) is 52.3 Å². The highest BCUT2D eigenvalue weighted by Gasteiger charge is 2.22. The number of benzene rings is 1. The van der Waals surface area contributed by atoms with Gasteiger partial charge in [0.05, 0.1) is 5.69 Å². The Morgan fingerprint density at radius 2 is 1.70 bits per heavy atom. The van der Waals surface area contributed by atoms with Gasteiger partial charge in [-0.15, -0.1) is 0 Å². The van der Waals surface area contributed by atoms with Gasteiger partial charge in [0.2, 0.25) is 11.8 Å². The minimum absolute atomic E-state index is 0.0215. The first-order valence-electron chi connectivity index (χ1n) is 9.15. The highest BCUT2D eigenvalue weighted by molar-refractivity contribution is 5.84. The summed E-state index contributed by atoms with van der Waals surface area (Å²) in [5, 5.41) is 1.67. The summed E-state index contributed by atoms with van der Waals surface area (Å²) in [6.07, 6.45) is 2.17. The molecule has 3 rings (SSSR count). The van der Waals surface area contributed by atoms with Crippen LogP contribution in [0.4, 0.5) is 11.5 Å². The van der Waals surface area contributed by atoms with Crippen LogP contribution in [0.3, 0.4) is 0 Å². The van der Waals surface area contributed by atoms with Crippen LogP contribution in [0.1, 0.15) is 12.8 Å². The maximum absolute atomic E-state index is 12.4. The predicted molar refractivity (Wildman–Crippen MR) is 105 cm³/mol. The predicted octanol–water partition coefficient (Wildman–Crippen LogP) is 1.68. The molecule has 142 valence electrons. The van der Waals surface area contributed by atoms with Gasteiger partial charge in [-0.05, 0) is 24.3 Å². The number of hydrazine groups is 1. The van der Waals surface area contributed by atoms with Crippen molar-refractivity contribution in [2.45, 2.75) is 12.8 Å². The van der Waals surface area contributed by atoms with Crippen LogP contribution in [0.15, 0.2) is 54.7 Å². The zero-order valence-electron chi connectivity index (χ0n) is 15.5. The zero-order chi connectivity index (χ0) is 19.1. The van der Waals surface area contributed by atoms with Crippen LogP contribution in [0.25, 0.3) is 0 Å². The molecule has 2 heterocycles. The third kappa shape index (κ3) is 5.20. The van der Waals surface area contributed by atoms with Crippen LogP contribution in [0.5, 0.6) is 0 Å². The van der Waals surface area contributed by atoms with E-state index in [1.165, 1.54) is 0 Å². The van der Waals surface area contributed by atoms with Crippen molar-refractivity contribution in [3.05, 3.63) is 54.7 Å². The lowest BCUT2D eigenvalue weighted by Crippen LogP contribution is -2.49. The molecule has 2 aromatic rings. The van der Waals surface area contributed by atoms with Crippen LogP contribution in [0.2, 0.25) is 0 Å². The van der Waals surface area contributed by atoms with Gasteiger partial charge in [-0.1, -0.05) is 24.3 Å². The van der Waals surface area contributed by atoms with E-state index in [9.17, 15) is 9.59 Å². The largest absolute Gasteiger partial charge is 0.353 e. The average molecular weight is 367 g/mol. The molecule has 1 aliphatic heterocycles. The van der Waals surface area contributed by atoms with Crippen LogP contribution in [-0.4, -0.2) is 54.9 Å². The molecule has 0 saturated carbocycles. The number of para-hydroxylation sites is 1. The molecule has 0 spiro atoms. The maximum atomic E-state index is 12.4. The summed E-state index contributed by atoms with van der Waals surface area (Å²) in [5.74, 6) is 0.794. The molecule has 27 heavy (non-hydrogen) atoms. The number of hydrogen-bond acceptors (Lipinski definition) is 5. The third-order valence-electron chi connectivity index (χ3n) is 4.61. The molecule has 0 unspecified atom stereocenters. The fraction of sp³-hybridized carbons (Fsp3) is 0.350. The first-order chi connectivity index (χ1) is 13.1. The van der Waals surface area contributed by atoms with Gasteiger partial charge in [0.25, 0.3) is 0 Å². The Bertz CT molecular complexity index is 745. The van der Waals surface area contributed by atoms with Crippen molar-refractivity contribution in [3.63, 3.8) is 0 Å². The van der Waals surface area contributed by atoms with Crippen LogP contribution in [0, 0.1) is 0 Å². The fourth-order valence-electron chi connectivity index (χ4n) is 3.06. The van der Waals surface area contributed by atoms with Crippen LogP contribution < -0.4 is 15.3 Å². The topological polar surface area (TPSA) is 68.8 Å². The monoisotopic (exact) mass is 367 g/mol. The molecule has 0 radical (unpaired) electrons. The van der Waals surface area contributed by atoms with E-state index >= 15 is 0 Å². The number of rotatable bonds is 6. The standard InChI is InChI=1S/C20H25N5O2/c1-23(17-7-3-2-4-8-17)22-19(26)10-11-20(27)25-15-13-24(14-16-25)18-9-5-6-12-21-18/h2-9,12H,10-11,13-16H2,1H3,(H,22,26). The van der Waals surface area contributed by atoms with Gasteiger partial charge in [-0.3, -0.25) is 20.0 Å². The fourth-order valence-corrected chi connectivity index (χ4v) is 3.06. The van der Waals surface area contributed by atoms with Crippen LogP contribution >= 0.6 is 0 Å².